The summed E-state index contributed by atoms with van der Waals surface area (Å²) in [7, 11) is 0. The van der Waals surface area contributed by atoms with Crippen molar-refractivity contribution in [2.45, 2.75) is 50.9 Å². The number of ether oxygens (including phenoxy) is 1. The molecule has 0 bridgehead atoms. The molecule has 3 aliphatic heterocycles. The number of benzene rings is 1. The van der Waals surface area contributed by atoms with E-state index in [4.69, 9.17) is 4.74 Å². The minimum absolute atomic E-state index is 0.0240. The van der Waals surface area contributed by atoms with Gasteiger partial charge in [0.2, 0.25) is 5.91 Å². The summed E-state index contributed by atoms with van der Waals surface area (Å²) in [6.45, 7) is 8.80. The van der Waals surface area contributed by atoms with Gasteiger partial charge in [-0.3, -0.25) is 14.6 Å². The third-order valence-electron chi connectivity index (χ3n) is 7.26. The summed E-state index contributed by atoms with van der Waals surface area (Å²) >= 11 is 1.76. The number of carbonyl (C=O) groups excluding carboxylic acids is 1. The Morgan fingerprint density at radius 2 is 2.00 bits per heavy atom. The van der Waals surface area contributed by atoms with E-state index in [0.29, 0.717) is 19.1 Å². The Hall–Kier alpha value is -1.80. The molecule has 0 saturated carbocycles. The van der Waals surface area contributed by atoms with Crippen LogP contribution < -0.4 is 0 Å². The van der Waals surface area contributed by atoms with E-state index in [-0.39, 0.29) is 11.4 Å². The van der Waals surface area contributed by atoms with Crippen LogP contribution in [0, 0.1) is 6.92 Å². The van der Waals surface area contributed by atoms with Gasteiger partial charge in [0.15, 0.2) is 0 Å². The van der Waals surface area contributed by atoms with Gasteiger partial charge in [-0.15, -0.1) is 11.3 Å². The van der Waals surface area contributed by atoms with Gasteiger partial charge in [-0.2, -0.15) is 0 Å². The van der Waals surface area contributed by atoms with Crippen LogP contribution in [0.1, 0.15) is 35.4 Å². The predicted molar refractivity (Wildman–Crippen MR) is 122 cm³/mol. The number of amides is 1. The lowest BCUT2D eigenvalue weighted by Gasteiger charge is -2.52. The molecule has 3 aliphatic rings. The average Bonchev–Trinajstić information content (AvgIpc) is 3.42. The van der Waals surface area contributed by atoms with Crippen LogP contribution in [0.25, 0.3) is 0 Å². The molecule has 4 heterocycles. The Bertz CT molecular complexity index is 888. The van der Waals surface area contributed by atoms with Crippen molar-refractivity contribution in [2.75, 3.05) is 39.4 Å². The van der Waals surface area contributed by atoms with Gasteiger partial charge in [-0.05, 0) is 31.7 Å². The average molecular weight is 441 g/mol. The molecule has 1 atom stereocenters. The molecule has 0 N–H and O–H groups in total. The van der Waals surface area contributed by atoms with Gasteiger partial charge in [-0.1, -0.05) is 30.3 Å². The first-order valence-electron chi connectivity index (χ1n) is 11.4. The van der Waals surface area contributed by atoms with Crippen LogP contribution in [0.5, 0.6) is 0 Å². The Morgan fingerprint density at radius 1 is 1.19 bits per heavy atom. The Morgan fingerprint density at radius 3 is 2.68 bits per heavy atom. The number of aryl methyl sites for hydroxylation is 1. The molecule has 5 rings (SSSR count). The maximum Gasteiger partial charge on any atom is 0.237 e. The summed E-state index contributed by atoms with van der Waals surface area (Å²) < 4.78 is 5.90. The molecule has 1 spiro atoms. The molecule has 3 saturated heterocycles. The van der Waals surface area contributed by atoms with E-state index < -0.39 is 0 Å². The lowest BCUT2D eigenvalue weighted by Crippen LogP contribution is -2.68. The van der Waals surface area contributed by atoms with Crippen molar-refractivity contribution < 1.29 is 9.53 Å². The van der Waals surface area contributed by atoms with Crippen molar-refractivity contribution in [2.24, 2.45) is 0 Å². The second-order valence-corrected chi connectivity index (χ2v) is 10.2. The molecule has 1 amide bonds. The Balaban J connectivity index is 1.25. The molecule has 7 heteroatoms. The number of rotatable bonds is 5. The first-order valence-corrected chi connectivity index (χ1v) is 12.3. The van der Waals surface area contributed by atoms with E-state index in [1.54, 1.807) is 11.3 Å². The number of nitrogens with zero attached hydrogens (tertiary/aromatic N) is 4. The largest absolute Gasteiger partial charge is 0.379 e. The predicted octanol–water partition coefficient (Wildman–Crippen LogP) is 2.92. The van der Waals surface area contributed by atoms with E-state index in [0.717, 1.165) is 64.3 Å². The molecule has 6 nitrogen and oxygen atoms in total. The van der Waals surface area contributed by atoms with Gasteiger partial charge in [0.1, 0.15) is 0 Å². The fourth-order valence-electron chi connectivity index (χ4n) is 5.43. The zero-order chi connectivity index (χ0) is 21.3. The molecule has 0 aliphatic carbocycles. The van der Waals surface area contributed by atoms with Crippen molar-refractivity contribution >= 4 is 17.2 Å². The van der Waals surface area contributed by atoms with Crippen LogP contribution in [0.3, 0.4) is 0 Å². The highest BCUT2D eigenvalue weighted by atomic mass is 32.1. The van der Waals surface area contributed by atoms with Crippen LogP contribution in [0.4, 0.5) is 0 Å². The van der Waals surface area contributed by atoms with Crippen molar-refractivity contribution in [1.29, 1.82) is 0 Å². The molecule has 0 radical (unpaired) electrons. The summed E-state index contributed by atoms with van der Waals surface area (Å²) in [5.41, 5.74) is 4.28. The summed E-state index contributed by atoms with van der Waals surface area (Å²) in [6, 6.07) is 10.8. The van der Waals surface area contributed by atoms with Gasteiger partial charge in [0.05, 0.1) is 29.9 Å². The van der Waals surface area contributed by atoms with Crippen LogP contribution >= 0.6 is 11.3 Å². The number of piperidine rings is 1. The molecule has 3 fully saturated rings. The highest BCUT2D eigenvalue weighted by Gasteiger charge is 2.49. The molecule has 166 valence electrons. The van der Waals surface area contributed by atoms with E-state index in [1.165, 1.54) is 10.4 Å². The smallest absolute Gasteiger partial charge is 0.237 e. The van der Waals surface area contributed by atoms with E-state index in [2.05, 4.69) is 38.7 Å². The van der Waals surface area contributed by atoms with Gasteiger partial charge in [-0.25, -0.2) is 4.98 Å². The topological polar surface area (TPSA) is 48.9 Å². The van der Waals surface area contributed by atoms with Crippen LogP contribution in [-0.4, -0.2) is 76.6 Å². The fraction of sp³-hybridized carbons (Fsp3) is 0.583. The van der Waals surface area contributed by atoms with Crippen LogP contribution in [0.2, 0.25) is 0 Å². The quantitative estimate of drug-likeness (QED) is 0.716. The number of aromatic nitrogens is 1. The number of hydrogen-bond acceptors (Lipinski definition) is 6. The summed E-state index contributed by atoms with van der Waals surface area (Å²) in [5, 5.41) is 0. The standard InChI is InChI=1S/C24H32N4O2S/c1-19-22(31-18-25-19)14-26-10-7-21(8-11-26)28-15-23(29)27(13-20-5-3-2-4-6-20)16-24(28)9-12-30-17-24/h2-6,18,21H,7-17H2,1H3. The molecular formula is C24H32N4O2S. The Labute approximate surface area is 188 Å². The van der Waals surface area contributed by atoms with Crippen molar-refractivity contribution in [3.8, 4) is 0 Å². The zero-order valence-corrected chi connectivity index (χ0v) is 19.1. The summed E-state index contributed by atoms with van der Waals surface area (Å²) in [5.74, 6) is 0.254. The van der Waals surface area contributed by atoms with Crippen molar-refractivity contribution in [3.63, 3.8) is 0 Å². The fourth-order valence-corrected chi connectivity index (χ4v) is 6.25. The molecular weight excluding hydrogens is 408 g/mol. The van der Waals surface area contributed by atoms with Gasteiger partial charge >= 0.3 is 0 Å². The first-order chi connectivity index (χ1) is 15.1. The first kappa shape index (κ1) is 21.1. The normalized spacial score (nSPS) is 26.2. The van der Waals surface area contributed by atoms with Gasteiger partial charge in [0.25, 0.3) is 0 Å². The maximum atomic E-state index is 13.1. The lowest BCUT2D eigenvalue weighted by molar-refractivity contribution is -0.148. The van der Waals surface area contributed by atoms with E-state index in [1.807, 2.05) is 23.7 Å². The van der Waals surface area contributed by atoms with Gasteiger partial charge in [0, 0.05) is 50.2 Å². The molecule has 1 unspecified atom stereocenters. The van der Waals surface area contributed by atoms with Crippen molar-refractivity contribution in [3.05, 3.63) is 52.0 Å². The van der Waals surface area contributed by atoms with E-state index >= 15 is 0 Å². The maximum absolute atomic E-state index is 13.1. The molecule has 1 aromatic heterocycles. The second kappa shape index (κ2) is 8.98. The summed E-state index contributed by atoms with van der Waals surface area (Å²) in [4.78, 5) is 26.0. The van der Waals surface area contributed by atoms with Crippen LogP contribution in [0.15, 0.2) is 35.8 Å². The highest BCUT2D eigenvalue weighted by Crippen LogP contribution is 2.36. The number of thiazole rings is 1. The number of hydrogen-bond donors (Lipinski definition) is 0. The van der Waals surface area contributed by atoms with Gasteiger partial charge < -0.3 is 9.64 Å². The third kappa shape index (κ3) is 4.42. The SMILES string of the molecule is Cc1ncsc1CN1CCC(N2CC(=O)N(Cc3ccccc3)CC23CCOC3)CC1. The molecule has 31 heavy (non-hydrogen) atoms. The Kier molecular flexibility index (Phi) is 6.10. The number of carbonyl (C=O) groups is 1. The highest BCUT2D eigenvalue weighted by molar-refractivity contribution is 7.09. The minimum Gasteiger partial charge on any atom is -0.379 e. The van der Waals surface area contributed by atoms with Crippen LogP contribution in [-0.2, 0) is 22.6 Å². The van der Waals surface area contributed by atoms with E-state index in [9.17, 15) is 4.79 Å². The number of piperazine rings is 1. The minimum atomic E-state index is -0.0240. The molecule has 1 aromatic carbocycles. The summed E-state index contributed by atoms with van der Waals surface area (Å²) in [6.07, 6.45) is 3.25. The van der Waals surface area contributed by atoms with Crippen molar-refractivity contribution in [1.82, 2.24) is 19.7 Å². The molecule has 2 aromatic rings. The third-order valence-corrected chi connectivity index (χ3v) is 8.18. The number of likely N-dealkylation sites (tertiary alicyclic amines) is 1. The monoisotopic (exact) mass is 440 g/mol. The lowest BCUT2D eigenvalue weighted by atomic mass is 9.88. The second-order valence-electron chi connectivity index (χ2n) is 9.26. The zero-order valence-electron chi connectivity index (χ0n) is 18.3.